The highest BCUT2D eigenvalue weighted by Crippen LogP contribution is 2.31. The Morgan fingerprint density at radius 1 is 1.00 bits per heavy atom. The van der Waals surface area contributed by atoms with Crippen molar-refractivity contribution in [3.63, 3.8) is 0 Å². The molecule has 0 bridgehead atoms. The molecule has 0 spiro atoms. The molecule has 0 heterocycles. The summed E-state index contributed by atoms with van der Waals surface area (Å²) in [6.07, 6.45) is 3.78. The second-order valence-electron chi connectivity index (χ2n) is 6.77. The van der Waals surface area contributed by atoms with Crippen molar-refractivity contribution in [3.05, 3.63) is 71.3 Å². The van der Waals surface area contributed by atoms with Gasteiger partial charge in [0, 0.05) is 18.0 Å². The smallest absolute Gasteiger partial charge is 0.0323 e. The van der Waals surface area contributed by atoms with Crippen molar-refractivity contribution in [2.45, 2.75) is 44.6 Å². The van der Waals surface area contributed by atoms with Gasteiger partial charge in [0.1, 0.15) is 0 Å². The summed E-state index contributed by atoms with van der Waals surface area (Å²) < 4.78 is 0. The number of hydrogen-bond acceptors (Lipinski definition) is 1. The van der Waals surface area contributed by atoms with Crippen molar-refractivity contribution in [3.8, 4) is 0 Å². The Hall–Kier alpha value is -1.60. The molecule has 0 aliphatic heterocycles. The molecular formula is C20H25N. The molecule has 110 valence electrons. The molecule has 2 aromatic rings. The second kappa shape index (κ2) is 6.03. The number of fused-ring (bicyclic) bond motifs is 1. The number of benzene rings is 2. The molecule has 1 aliphatic carbocycles. The van der Waals surface area contributed by atoms with E-state index in [9.17, 15) is 0 Å². The van der Waals surface area contributed by atoms with Gasteiger partial charge in [0.05, 0.1) is 0 Å². The molecule has 0 radical (unpaired) electrons. The van der Waals surface area contributed by atoms with Crippen LogP contribution in [0.3, 0.4) is 0 Å². The van der Waals surface area contributed by atoms with Crippen molar-refractivity contribution in [1.82, 2.24) is 5.32 Å². The van der Waals surface area contributed by atoms with Gasteiger partial charge in [-0.15, -0.1) is 0 Å². The van der Waals surface area contributed by atoms with Crippen LogP contribution in [0.15, 0.2) is 54.6 Å². The summed E-state index contributed by atoms with van der Waals surface area (Å²) in [6, 6.07) is 20.2. The third-order valence-corrected chi connectivity index (χ3v) is 4.72. The second-order valence-corrected chi connectivity index (χ2v) is 6.77. The van der Waals surface area contributed by atoms with Gasteiger partial charge in [-0.2, -0.15) is 0 Å². The normalized spacial score (nSPS) is 18.3. The molecule has 1 aliphatic rings. The van der Waals surface area contributed by atoms with Crippen molar-refractivity contribution in [2.24, 2.45) is 0 Å². The van der Waals surface area contributed by atoms with E-state index < -0.39 is 0 Å². The molecule has 0 saturated heterocycles. The quantitative estimate of drug-likeness (QED) is 0.860. The first-order chi connectivity index (χ1) is 10.2. The Morgan fingerprint density at radius 3 is 2.52 bits per heavy atom. The van der Waals surface area contributed by atoms with Gasteiger partial charge >= 0.3 is 0 Å². The van der Waals surface area contributed by atoms with E-state index in [4.69, 9.17) is 0 Å². The largest absolute Gasteiger partial charge is 0.309 e. The SMILES string of the molecule is CC(C)(CNC1CCCc2ccccc21)c1ccccc1. The minimum atomic E-state index is 0.160. The summed E-state index contributed by atoms with van der Waals surface area (Å²) in [4.78, 5) is 0. The summed E-state index contributed by atoms with van der Waals surface area (Å²) in [5.74, 6) is 0. The maximum Gasteiger partial charge on any atom is 0.0323 e. The van der Waals surface area contributed by atoms with Crippen molar-refractivity contribution in [1.29, 1.82) is 0 Å². The molecule has 3 rings (SSSR count). The monoisotopic (exact) mass is 279 g/mol. The van der Waals surface area contributed by atoms with E-state index in [1.807, 2.05) is 0 Å². The lowest BCUT2D eigenvalue weighted by Crippen LogP contribution is -2.36. The lowest BCUT2D eigenvalue weighted by Gasteiger charge is -2.32. The average Bonchev–Trinajstić information content (AvgIpc) is 2.54. The number of aryl methyl sites for hydroxylation is 1. The first-order valence-electron chi connectivity index (χ1n) is 8.03. The van der Waals surface area contributed by atoms with Gasteiger partial charge in [-0.25, -0.2) is 0 Å². The third-order valence-electron chi connectivity index (χ3n) is 4.72. The van der Waals surface area contributed by atoms with Gasteiger partial charge in [0.25, 0.3) is 0 Å². The zero-order valence-electron chi connectivity index (χ0n) is 13.1. The third kappa shape index (κ3) is 3.19. The first kappa shape index (κ1) is 14.3. The van der Waals surface area contributed by atoms with E-state index in [0.717, 1.165) is 6.54 Å². The van der Waals surface area contributed by atoms with Gasteiger partial charge in [0.2, 0.25) is 0 Å². The zero-order valence-corrected chi connectivity index (χ0v) is 13.1. The van der Waals surface area contributed by atoms with Crippen LogP contribution in [0.2, 0.25) is 0 Å². The average molecular weight is 279 g/mol. The fourth-order valence-corrected chi connectivity index (χ4v) is 3.34. The summed E-state index contributed by atoms with van der Waals surface area (Å²) in [5, 5.41) is 3.82. The van der Waals surface area contributed by atoms with Crippen LogP contribution in [0, 0.1) is 0 Å². The Bertz CT molecular complexity index is 586. The fourth-order valence-electron chi connectivity index (χ4n) is 3.34. The van der Waals surface area contributed by atoms with E-state index in [1.54, 1.807) is 0 Å². The molecule has 2 aromatic carbocycles. The summed E-state index contributed by atoms with van der Waals surface area (Å²) in [5.41, 5.74) is 4.60. The number of rotatable bonds is 4. The van der Waals surface area contributed by atoms with Crippen molar-refractivity contribution >= 4 is 0 Å². The van der Waals surface area contributed by atoms with Crippen LogP contribution in [0.5, 0.6) is 0 Å². The highest BCUT2D eigenvalue weighted by atomic mass is 14.9. The Morgan fingerprint density at radius 2 is 1.71 bits per heavy atom. The Labute approximate surface area is 128 Å². The zero-order chi connectivity index (χ0) is 14.7. The number of hydrogen-bond donors (Lipinski definition) is 1. The molecule has 21 heavy (non-hydrogen) atoms. The predicted molar refractivity (Wildman–Crippen MR) is 89.6 cm³/mol. The van der Waals surface area contributed by atoms with Crippen molar-refractivity contribution in [2.75, 3.05) is 6.54 Å². The minimum Gasteiger partial charge on any atom is -0.309 e. The fraction of sp³-hybridized carbons (Fsp3) is 0.400. The van der Waals surface area contributed by atoms with Crippen LogP contribution in [-0.4, -0.2) is 6.54 Å². The number of nitrogens with one attached hydrogen (secondary N) is 1. The van der Waals surface area contributed by atoms with Gasteiger partial charge in [-0.1, -0.05) is 68.4 Å². The maximum absolute atomic E-state index is 3.82. The van der Waals surface area contributed by atoms with Crippen LogP contribution < -0.4 is 5.32 Å². The highest BCUT2D eigenvalue weighted by molar-refractivity contribution is 5.32. The van der Waals surface area contributed by atoms with E-state index in [0.29, 0.717) is 6.04 Å². The Kier molecular flexibility index (Phi) is 4.12. The molecule has 0 aromatic heterocycles. The molecule has 1 heteroatoms. The molecule has 1 unspecified atom stereocenters. The minimum absolute atomic E-state index is 0.160. The molecule has 0 saturated carbocycles. The van der Waals surface area contributed by atoms with E-state index in [1.165, 1.54) is 36.0 Å². The van der Waals surface area contributed by atoms with Crippen LogP contribution in [0.1, 0.15) is 49.4 Å². The van der Waals surface area contributed by atoms with E-state index in [-0.39, 0.29) is 5.41 Å². The highest BCUT2D eigenvalue weighted by Gasteiger charge is 2.24. The lowest BCUT2D eigenvalue weighted by atomic mass is 9.83. The van der Waals surface area contributed by atoms with Gasteiger partial charge in [0.15, 0.2) is 0 Å². The van der Waals surface area contributed by atoms with Gasteiger partial charge in [-0.05, 0) is 36.0 Å². The molecule has 1 atom stereocenters. The van der Waals surface area contributed by atoms with Crippen LogP contribution in [0.4, 0.5) is 0 Å². The summed E-state index contributed by atoms with van der Waals surface area (Å²) >= 11 is 0. The molecule has 0 fully saturated rings. The molecule has 1 nitrogen and oxygen atoms in total. The van der Waals surface area contributed by atoms with Gasteiger partial charge in [-0.3, -0.25) is 0 Å². The first-order valence-corrected chi connectivity index (χ1v) is 8.03. The van der Waals surface area contributed by atoms with Crippen LogP contribution in [0.25, 0.3) is 0 Å². The van der Waals surface area contributed by atoms with Crippen molar-refractivity contribution < 1.29 is 0 Å². The van der Waals surface area contributed by atoms with Crippen LogP contribution in [-0.2, 0) is 11.8 Å². The summed E-state index contributed by atoms with van der Waals surface area (Å²) in [7, 11) is 0. The molecule has 0 amide bonds. The molecular weight excluding hydrogens is 254 g/mol. The predicted octanol–water partition coefficient (Wildman–Crippen LogP) is 4.63. The topological polar surface area (TPSA) is 12.0 Å². The maximum atomic E-state index is 3.82. The van der Waals surface area contributed by atoms with E-state index >= 15 is 0 Å². The molecule has 1 N–H and O–H groups in total. The lowest BCUT2D eigenvalue weighted by molar-refractivity contribution is 0.392. The summed E-state index contributed by atoms with van der Waals surface area (Å²) in [6.45, 7) is 5.66. The van der Waals surface area contributed by atoms with E-state index in [2.05, 4.69) is 73.8 Å². The Balaban J connectivity index is 1.71. The van der Waals surface area contributed by atoms with Crippen LogP contribution >= 0.6 is 0 Å². The standard InChI is InChI=1S/C20H25N/c1-20(2,17-11-4-3-5-12-17)15-21-19-14-8-10-16-9-6-7-13-18(16)19/h3-7,9,11-13,19,21H,8,10,14-15H2,1-2H3. The van der Waals surface area contributed by atoms with Gasteiger partial charge < -0.3 is 5.32 Å².